The SMILES string of the molecule is CN(c1nc2cnc(-c3cc(F)c4nn(C)cc4c3)nc2s1)C1C[C@H]2CC[C@@H](C1)N2.Cl. The molecule has 1 unspecified atom stereocenters. The lowest BCUT2D eigenvalue weighted by atomic mass is 9.99. The van der Waals surface area contributed by atoms with Gasteiger partial charge in [0.1, 0.15) is 15.9 Å². The summed E-state index contributed by atoms with van der Waals surface area (Å²) in [5.74, 6) is 0.141. The molecule has 2 aliphatic heterocycles. The molecule has 1 N–H and O–H groups in total. The van der Waals surface area contributed by atoms with Gasteiger partial charge in [-0.1, -0.05) is 11.3 Å². The molecule has 2 aliphatic rings. The van der Waals surface area contributed by atoms with E-state index in [1.807, 2.05) is 6.07 Å². The van der Waals surface area contributed by atoms with E-state index >= 15 is 0 Å². The largest absolute Gasteiger partial charge is 0.348 e. The van der Waals surface area contributed by atoms with Crippen molar-refractivity contribution in [1.82, 2.24) is 30.0 Å². The van der Waals surface area contributed by atoms with Gasteiger partial charge >= 0.3 is 0 Å². The fourth-order valence-electron chi connectivity index (χ4n) is 4.85. The van der Waals surface area contributed by atoms with E-state index in [4.69, 9.17) is 9.97 Å². The number of aryl methyl sites for hydroxylation is 1. The van der Waals surface area contributed by atoms with Crippen molar-refractivity contribution in [3.8, 4) is 11.4 Å². The molecule has 7 nitrogen and oxygen atoms in total. The number of halogens is 2. The van der Waals surface area contributed by atoms with E-state index in [2.05, 4.69) is 27.3 Å². The number of anilines is 1. The number of thiazole rings is 1. The number of nitrogens with one attached hydrogen (secondary N) is 1. The van der Waals surface area contributed by atoms with Crippen molar-refractivity contribution < 1.29 is 4.39 Å². The van der Waals surface area contributed by atoms with Gasteiger partial charge in [0.25, 0.3) is 0 Å². The average Bonchev–Trinajstić information content (AvgIpc) is 3.42. The number of nitrogens with zero attached hydrogens (tertiary/aromatic N) is 6. The molecule has 0 spiro atoms. The highest BCUT2D eigenvalue weighted by Gasteiger charge is 2.35. The molecular weight excluding hydrogens is 437 g/mol. The number of hydrogen-bond donors (Lipinski definition) is 1. The van der Waals surface area contributed by atoms with E-state index in [1.54, 1.807) is 35.5 Å². The second-order valence-electron chi connectivity index (χ2n) is 8.45. The van der Waals surface area contributed by atoms with Crippen LogP contribution in [0.5, 0.6) is 0 Å². The van der Waals surface area contributed by atoms with E-state index in [9.17, 15) is 4.39 Å². The third-order valence-corrected chi connectivity index (χ3v) is 7.43. The number of benzene rings is 1. The monoisotopic (exact) mass is 459 g/mol. The molecule has 1 aromatic carbocycles. The van der Waals surface area contributed by atoms with Crippen molar-refractivity contribution in [3.63, 3.8) is 0 Å². The lowest BCUT2D eigenvalue weighted by Gasteiger charge is -2.35. The Hall–Kier alpha value is -2.36. The van der Waals surface area contributed by atoms with Crippen molar-refractivity contribution in [2.24, 2.45) is 7.05 Å². The summed E-state index contributed by atoms with van der Waals surface area (Å²) in [5, 5.41) is 9.56. The summed E-state index contributed by atoms with van der Waals surface area (Å²) in [7, 11) is 3.91. The molecule has 0 aliphatic carbocycles. The van der Waals surface area contributed by atoms with Gasteiger partial charge in [-0.25, -0.2) is 19.3 Å². The predicted octanol–water partition coefficient (Wildman–Crippen LogP) is 3.92. The smallest absolute Gasteiger partial charge is 0.187 e. The molecule has 0 radical (unpaired) electrons. The van der Waals surface area contributed by atoms with Crippen molar-refractivity contribution in [2.75, 3.05) is 11.9 Å². The van der Waals surface area contributed by atoms with Gasteiger partial charge in [-0.15, -0.1) is 12.4 Å². The van der Waals surface area contributed by atoms with Gasteiger partial charge < -0.3 is 10.2 Å². The van der Waals surface area contributed by atoms with Crippen LogP contribution in [0, 0.1) is 5.82 Å². The summed E-state index contributed by atoms with van der Waals surface area (Å²) in [6, 6.07) is 5.10. The number of fused-ring (bicyclic) bond motifs is 4. The Kier molecular flexibility index (Phi) is 5.07. The van der Waals surface area contributed by atoms with Gasteiger partial charge in [-0.05, 0) is 37.8 Å². The van der Waals surface area contributed by atoms with Gasteiger partial charge in [0.2, 0.25) is 0 Å². The molecule has 2 fully saturated rings. The first-order valence-electron chi connectivity index (χ1n) is 10.3. The summed E-state index contributed by atoms with van der Waals surface area (Å²) in [5.41, 5.74) is 1.79. The maximum absolute atomic E-state index is 14.5. The Labute approximate surface area is 189 Å². The molecule has 3 aromatic heterocycles. The highest BCUT2D eigenvalue weighted by Crippen LogP contribution is 2.35. The number of rotatable bonds is 3. The predicted molar refractivity (Wildman–Crippen MR) is 123 cm³/mol. The Balaban J connectivity index is 0.00000204. The van der Waals surface area contributed by atoms with Gasteiger partial charge in [0, 0.05) is 49.4 Å². The normalized spacial score (nSPS) is 22.7. The third kappa shape index (κ3) is 3.54. The quantitative estimate of drug-likeness (QED) is 0.500. The molecule has 162 valence electrons. The Morgan fingerprint density at radius 3 is 2.74 bits per heavy atom. The molecular formula is C21H23ClFN7S. The van der Waals surface area contributed by atoms with Crippen LogP contribution in [0.15, 0.2) is 24.5 Å². The van der Waals surface area contributed by atoms with Crippen LogP contribution >= 0.6 is 23.7 Å². The van der Waals surface area contributed by atoms with Gasteiger partial charge in [-0.3, -0.25) is 4.68 Å². The van der Waals surface area contributed by atoms with E-state index < -0.39 is 0 Å². The molecule has 2 bridgehead atoms. The summed E-state index contributed by atoms with van der Waals surface area (Å²) in [4.78, 5) is 17.1. The van der Waals surface area contributed by atoms with Crippen LogP contribution in [-0.4, -0.2) is 49.9 Å². The summed E-state index contributed by atoms with van der Waals surface area (Å²) < 4.78 is 16.1. The first-order valence-corrected chi connectivity index (χ1v) is 11.1. The highest BCUT2D eigenvalue weighted by atomic mass is 35.5. The standard InChI is InChI=1S/C21H22FN7S.ClH/c1-28-10-12-5-11(6-16(22)18(12)27-28)19-23-9-17-20(26-19)30-21(25-17)29(2)15-7-13-3-4-14(8-15)24-13;/h5-6,9-10,13-15,24H,3-4,7-8H2,1-2H3;1H/t13-,14+,15?;. The minimum atomic E-state index is -0.364. The topological polar surface area (TPSA) is 71.8 Å². The van der Waals surface area contributed by atoms with Crippen LogP contribution in [0.2, 0.25) is 0 Å². The van der Waals surface area contributed by atoms with Gasteiger partial charge in [0.15, 0.2) is 16.8 Å². The number of aromatic nitrogens is 5. The fraction of sp³-hybridized carbons (Fsp3) is 0.429. The van der Waals surface area contributed by atoms with Crippen molar-refractivity contribution in [3.05, 3.63) is 30.3 Å². The summed E-state index contributed by atoms with van der Waals surface area (Å²) in [6.07, 6.45) is 8.41. The summed E-state index contributed by atoms with van der Waals surface area (Å²) >= 11 is 1.58. The Morgan fingerprint density at radius 2 is 1.97 bits per heavy atom. The number of hydrogen-bond acceptors (Lipinski definition) is 7. The molecule has 10 heteroatoms. The minimum Gasteiger partial charge on any atom is -0.348 e. The molecule has 3 atom stereocenters. The van der Waals surface area contributed by atoms with E-state index in [-0.39, 0.29) is 18.2 Å². The average molecular weight is 460 g/mol. The molecule has 0 saturated carbocycles. The molecule has 2 saturated heterocycles. The summed E-state index contributed by atoms with van der Waals surface area (Å²) in [6.45, 7) is 0. The van der Waals surface area contributed by atoms with Gasteiger partial charge in [-0.2, -0.15) is 5.10 Å². The second-order valence-corrected chi connectivity index (χ2v) is 9.41. The maximum atomic E-state index is 14.5. The van der Waals surface area contributed by atoms with Crippen molar-refractivity contribution >= 4 is 50.1 Å². The molecule has 5 heterocycles. The molecule has 0 amide bonds. The molecule has 4 aromatic rings. The molecule has 6 rings (SSSR count). The van der Waals surface area contributed by atoms with Crippen molar-refractivity contribution in [2.45, 2.75) is 43.8 Å². The maximum Gasteiger partial charge on any atom is 0.187 e. The lowest BCUT2D eigenvalue weighted by Crippen LogP contribution is -2.47. The number of piperidine rings is 1. The Bertz CT molecular complexity index is 1260. The highest BCUT2D eigenvalue weighted by molar-refractivity contribution is 7.21. The van der Waals surface area contributed by atoms with Crippen LogP contribution in [-0.2, 0) is 7.05 Å². The Morgan fingerprint density at radius 1 is 1.19 bits per heavy atom. The lowest BCUT2D eigenvalue weighted by molar-refractivity contribution is 0.354. The fourth-order valence-corrected chi connectivity index (χ4v) is 5.80. The van der Waals surface area contributed by atoms with Crippen LogP contribution in [0.3, 0.4) is 0 Å². The van der Waals surface area contributed by atoms with Crippen LogP contribution in [0.1, 0.15) is 25.7 Å². The second kappa shape index (κ2) is 7.65. The third-order valence-electron chi connectivity index (χ3n) is 6.37. The zero-order valence-electron chi connectivity index (χ0n) is 17.2. The van der Waals surface area contributed by atoms with Crippen LogP contribution in [0.25, 0.3) is 32.6 Å². The van der Waals surface area contributed by atoms with Gasteiger partial charge in [0.05, 0.1) is 6.20 Å². The zero-order chi connectivity index (χ0) is 20.4. The first kappa shape index (κ1) is 20.5. The van der Waals surface area contributed by atoms with E-state index in [0.29, 0.717) is 35.0 Å². The van der Waals surface area contributed by atoms with E-state index in [1.165, 1.54) is 18.9 Å². The van der Waals surface area contributed by atoms with Crippen LogP contribution < -0.4 is 10.2 Å². The zero-order valence-corrected chi connectivity index (χ0v) is 18.9. The van der Waals surface area contributed by atoms with E-state index in [0.717, 1.165) is 33.7 Å². The minimum absolute atomic E-state index is 0. The first-order chi connectivity index (χ1) is 14.5. The van der Waals surface area contributed by atoms with Crippen molar-refractivity contribution in [1.29, 1.82) is 0 Å². The van der Waals surface area contributed by atoms with Crippen LogP contribution in [0.4, 0.5) is 9.52 Å². The molecule has 31 heavy (non-hydrogen) atoms.